The zero-order valence-electron chi connectivity index (χ0n) is 10.2. The van der Waals surface area contributed by atoms with Crippen LogP contribution < -0.4 is 5.73 Å². The standard InChI is InChI=1S/C12H10N4.4ClH/c13-4-1-2-10-6-14-5-3-12(10)11-7-15-9-16-8-11;;;;/h3,5-9H,4,13H2;4*1H. The van der Waals surface area contributed by atoms with Gasteiger partial charge in [0, 0.05) is 35.9 Å². The highest BCUT2D eigenvalue weighted by molar-refractivity contribution is 5.86. The molecule has 0 atom stereocenters. The zero-order valence-corrected chi connectivity index (χ0v) is 13.5. The van der Waals surface area contributed by atoms with Crippen molar-refractivity contribution < 1.29 is 0 Å². The van der Waals surface area contributed by atoms with Crippen molar-refractivity contribution in [3.05, 3.63) is 42.7 Å². The van der Waals surface area contributed by atoms with Gasteiger partial charge in [0.2, 0.25) is 0 Å². The van der Waals surface area contributed by atoms with Crippen molar-refractivity contribution >= 4 is 49.6 Å². The van der Waals surface area contributed by atoms with Crippen LogP contribution in [0.1, 0.15) is 5.56 Å². The predicted molar refractivity (Wildman–Crippen MR) is 90.2 cm³/mol. The lowest BCUT2D eigenvalue weighted by molar-refractivity contribution is 1.17. The lowest BCUT2D eigenvalue weighted by Crippen LogP contribution is -1.94. The molecule has 2 rings (SSSR count). The van der Waals surface area contributed by atoms with Gasteiger partial charge in [0.1, 0.15) is 6.33 Å². The monoisotopic (exact) mass is 354 g/mol. The van der Waals surface area contributed by atoms with Crippen molar-refractivity contribution in [2.75, 3.05) is 6.54 Å². The first-order valence-corrected chi connectivity index (χ1v) is 4.80. The first kappa shape index (κ1) is 24.0. The van der Waals surface area contributed by atoms with E-state index in [-0.39, 0.29) is 49.6 Å². The van der Waals surface area contributed by atoms with Crippen molar-refractivity contribution in [2.45, 2.75) is 0 Å². The second kappa shape index (κ2) is 12.9. The van der Waals surface area contributed by atoms with Crippen LogP contribution in [0.5, 0.6) is 0 Å². The number of pyridine rings is 1. The summed E-state index contributed by atoms with van der Waals surface area (Å²) in [4.78, 5) is 12.0. The van der Waals surface area contributed by atoms with Gasteiger partial charge in [0.25, 0.3) is 0 Å². The number of nitrogens with zero attached hydrogens (tertiary/aromatic N) is 3. The van der Waals surface area contributed by atoms with Gasteiger partial charge in [-0.05, 0) is 6.07 Å². The maximum atomic E-state index is 5.35. The largest absolute Gasteiger partial charge is 0.320 e. The van der Waals surface area contributed by atoms with Crippen LogP contribution in [0.4, 0.5) is 0 Å². The van der Waals surface area contributed by atoms with Gasteiger partial charge < -0.3 is 5.73 Å². The molecular weight excluding hydrogens is 342 g/mol. The topological polar surface area (TPSA) is 64.7 Å². The van der Waals surface area contributed by atoms with E-state index < -0.39 is 0 Å². The van der Waals surface area contributed by atoms with Gasteiger partial charge in [-0.25, -0.2) is 9.97 Å². The molecule has 0 aliphatic heterocycles. The fourth-order valence-corrected chi connectivity index (χ4v) is 1.33. The highest BCUT2D eigenvalue weighted by Gasteiger charge is 2.02. The number of hydrogen-bond donors (Lipinski definition) is 1. The van der Waals surface area contributed by atoms with Crippen LogP contribution in [0.25, 0.3) is 11.1 Å². The minimum atomic E-state index is 0. The molecule has 0 aliphatic rings. The molecule has 0 saturated heterocycles. The Bertz CT molecular complexity index is 540. The maximum Gasteiger partial charge on any atom is 0.115 e. The average Bonchev–Trinajstić information content (AvgIpc) is 2.38. The summed E-state index contributed by atoms with van der Waals surface area (Å²) in [5.41, 5.74) is 8.07. The molecule has 0 unspecified atom stereocenters. The summed E-state index contributed by atoms with van der Waals surface area (Å²) in [5.74, 6) is 5.79. The van der Waals surface area contributed by atoms with Gasteiger partial charge in [0.15, 0.2) is 0 Å². The number of hydrogen-bond acceptors (Lipinski definition) is 4. The fraction of sp³-hybridized carbons (Fsp3) is 0.0833. The molecule has 0 bridgehead atoms. The van der Waals surface area contributed by atoms with E-state index in [2.05, 4.69) is 26.8 Å². The molecule has 0 amide bonds. The molecule has 8 heteroatoms. The minimum absolute atomic E-state index is 0. The number of nitrogens with two attached hydrogens (primary N) is 1. The molecular formula is C12H14Cl4N4. The van der Waals surface area contributed by atoms with Gasteiger partial charge in [0.05, 0.1) is 12.1 Å². The molecule has 2 aromatic rings. The summed E-state index contributed by atoms with van der Waals surface area (Å²) in [5, 5.41) is 0. The van der Waals surface area contributed by atoms with Gasteiger partial charge in [-0.2, -0.15) is 0 Å². The second-order valence-electron chi connectivity index (χ2n) is 3.05. The molecule has 0 aliphatic carbocycles. The Morgan fingerprint density at radius 1 is 0.950 bits per heavy atom. The average molecular weight is 356 g/mol. The van der Waals surface area contributed by atoms with E-state index in [9.17, 15) is 0 Å². The molecule has 4 nitrogen and oxygen atoms in total. The van der Waals surface area contributed by atoms with Crippen LogP contribution in [0.15, 0.2) is 37.2 Å². The fourth-order valence-electron chi connectivity index (χ4n) is 1.33. The van der Waals surface area contributed by atoms with Crippen LogP contribution >= 0.6 is 49.6 Å². The highest BCUT2D eigenvalue weighted by Crippen LogP contribution is 2.19. The van der Waals surface area contributed by atoms with Crippen LogP contribution in [0.3, 0.4) is 0 Å². The Kier molecular flexibility index (Phi) is 15.5. The molecule has 2 heterocycles. The summed E-state index contributed by atoms with van der Waals surface area (Å²) in [6.07, 6.45) is 8.42. The van der Waals surface area contributed by atoms with Crippen LogP contribution in [-0.4, -0.2) is 21.5 Å². The lowest BCUT2D eigenvalue weighted by atomic mass is 10.1. The van der Waals surface area contributed by atoms with E-state index in [4.69, 9.17) is 5.73 Å². The summed E-state index contributed by atoms with van der Waals surface area (Å²) in [7, 11) is 0. The molecule has 2 aromatic heterocycles. The second-order valence-corrected chi connectivity index (χ2v) is 3.05. The summed E-state index contributed by atoms with van der Waals surface area (Å²) in [6.45, 7) is 0.333. The normalized spacial score (nSPS) is 7.45. The van der Waals surface area contributed by atoms with Gasteiger partial charge in [-0.3, -0.25) is 4.98 Å². The van der Waals surface area contributed by atoms with Gasteiger partial charge in [-0.15, -0.1) is 49.6 Å². The van der Waals surface area contributed by atoms with E-state index in [1.54, 1.807) is 24.8 Å². The van der Waals surface area contributed by atoms with Crippen molar-refractivity contribution in [1.82, 2.24) is 15.0 Å². The van der Waals surface area contributed by atoms with Gasteiger partial charge in [-0.1, -0.05) is 11.8 Å². The van der Waals surface area contributed by atoms with E-state index in [1.807, 2.05) is 6.07 Å². The van der Waals surface area contributed by atoms with Crippen LogP contribution in [-0.2, 0) is 0 Å². The molecule has 20 heavy (non-hydrogen) atoms. The summed E-state index contributed by atoms with van der Waals surface area (Å²) in [6, 6.07) is 1.89. The molecule has 0 aromatic carbocycles. The SMILES string of the molecule is Cl.Cl.Cl.Cl.NCC#Cc1cnccc1-c1cncnc1. The Balaban J connectivity index is -0.000000722. The molecule has 0 fully saturated rings. The molecule has 0 radical (unpaired) electrons. The number of halogens is 4. The smallest absolute Gasteiger partial charge is 0.115 e. The Morgan fingerprint density at radius 3 is 2.20 bits per heavy atom. The van der Waals surface area contributed by atoms with Crippen molar-refractivity contribution in [3.8, 4) is 23.0 Å². The first-order chi connectivity index (χ1) is 7.92. The van der Waals surface area contributed by atoms with Crippen molar-refractivity contribution in [1.29, 1.82) is 0 Å². The zero-order chi connectivity index (χ0) is 11.2. The Morgan fingerprint density at radius 2 is 1.60 bits per heavy atom. The lowest BCUT2D eigenvalue weighted by Gasteiger charge is -2.02. The van der Waals surface area contributed by atoms with Gasteiger partial charge >= 0.3 is 0 Å². The number of aromatic nitrogens is 3. The Hall–Kier alpha value is -1.09. The summed E-state index contributed by atoms with van der Waals surface area (Å²) < 4.78 is 0. The number of rotatable bonds is 1. The maximum absolute atomic E-state index is 5.35. The summed E-state index contributed by atoms with van der Waals surface area (Å²) >= 11 is 0. The molecule has 0 spiro atoms. The predicted octanol–water partition coefficient (Wildman–Crippen LogP) is 2.54. The molecule has 2 N–H and O–H groups in total. The third kappa shape index (κ3) is 6.38. The first-order valence-electron chi connectivity index (χ1n) is 4.80. The van der Waals surface area contributed by atoms with E-state index in [0.717, 1.165) is 16.7 Å². The highest BCUT2D eigenvalue weighted by atomic mass is 35.5. The third-order valence-electron chi connectivity index (χ3n) is 2.02. The third-order valence-corrected chi connectivity index (χ3v) is 2.02. The molecule has 0 saturated carbocycles. The van der Waals surface area contributed by atoms with E-state index >= 15 is 0 Å². The van der Waals surface area contributed by atoms with Crippen molar-refractivity contribution in [2.24, 2.45) is 5.73 Å². The quantitative estimate of drug-likeness (QED) is 0.798. The van der Waals surface area contributed by atoms with Crippen molar-refractivity contribution in [3.63, 3.8) is 0 Å². The Labute approximate surface area is 142 Å². The van der Waals surface area contributed by atoms with E-state index in [0.29, 0.717) is 6.54 Å². The van der Waals surface area contributed by atoms with Crippen LogP contribution in [0.2, 0.25) is 0 Å². The molecule has 110 valence electrons. The van der Waals surface area contributed by atoms with E-state index in [1.165, 1.54) is 6.33 Å². The van der Waals surface area contributed by atoms with Crippen LogP contribution in [0, 0.1) is 11.8 Å². The minimum Gasteiger partial charge on any atom is -0.320 e.